The average molecular weight is 439 g/mol. The van der Waals surface area contributed by atoms with Crippen molar-refractivity contribution in [1.82, 2.24) is 30.5 Å². The van der Waals surface area contributed by atoms with E-state index in [4.69, 9.17) is 5.41 Å². The second-order valence-electron chi connectivity index (χ2n) is 8.01. The van der Waals surface area contributed by atoms with Gasteiger partial charge in [0.15, 0.2) is 5.82 Å². The summed E-state index contributed by atoms with van der Waals surface area (Å²) in [6.45, 7) is 6.77. The molecule has 0 aliphatic heterocycles. The molecule has 4 rings (SSSR count). The zero-order chi connectivity index (χ0) is 23.2. The molecule has 8 nitrogen and oxygen atoms in total. The van der Waals surface area contributed by atoms with Crippen LogP contribution in [0.15, 0.2) is 61.1 Å². The lowest BCUT2D eigenvalue weighted by Gasteiger charge is -2.09. The average Bonchev–Trinajstić information content (AvgIpc) is 2.82. The molecule has 8 heteroatoms. The molecule has 0 bridgehead atoms. The van der Waals surface area contributed by atoms with Crippen LogP contribution in [-0.4, -0.2) is 31.4 Å². The maximum Gasteiger partial charge on any atom is 0.154 e. The monoisotopic (exact) mass is 438 g/mol. The second-order valence-corrected chi connectivity index (χ2v) is 8.01. The molecule has 0 aromatic carbocycles. The van der Waals surface area contributed by atoms with E-state index in [2.05, 4.69) is 49.6 Å². The van der Waals surface area contributed by atoms with Gasteiger partial charge in [-0.05, 0) is 54.8 Å². The molecule has 166 valence electrons. The fourth-order valence-electron chi connectivity index (χ4n) is 3.30. The van der Waals surface area contributed by atoms with E-state index in [1.54, 1.807) is 18.6 Å². The number of nitrogens with zero attached hydrogens (tertiary/aromatic N) is 5. The minimum Gasteiger partial charge on any atom is -0.385 e. The Morgan fingerprint density at radius 3 is 2.70 bits per heavy atom. The predicted molar refractivity (Wildman–Crippen MR) is 132 cm³/mol. The van der Waals surface area contributed by atoms with Crippen molar-refractivity contribution in [3.8, 4) is 0 Å². The van der Waals surface area contributed by atoms with Crippen LogP contribution in [0.2, 0.25) is 0 Å². The Bertz CT molecular complexity index is 1310. The second kappa shape index (κ2) is 9.95. The van der Waals surface area contributed by atoms with E-state index in [0.717, 1.165) is 33.5 Å². The third-order valence-corrected chi connectivity index (χ3v) is 5.11. The summed E-state index contributed by atoms with van der Waals surface area (Å²) >= 11 is 0. The van der Waals surface area contributed by atoms with Gasteiger partial charge in [0.2, 0.25) is 0 Å². The van der Waals surface area contributed by atoms with Crippen molar-refractivity contribution in [2.24, 2.45) is 0 Å². The van der Waals surface area contributed by atoms with Crippen molar-refractivity contribution in [3.63, 3.8) is 0 Å². The number of nitrogens with one attached hydrogen (secondary N) is 3. The van der Waals surface area contributed by atoms with Crippen molar-refractivity contribution in [3.05, 3.63) is 83.6 Å². The Labute approximate surface area is 192 Å². The molecule has 0 saturated heterocycles. The van der Waals surface area contributed by atoms with E-state index in [0.29, 0.717) is 29.7 Å². The topological polar surface area (TPSA) is 112 Å². The van der Waals surface area contributed by atoms with Gasteiger partial charge < -0.3 is 16.0 Å². The Hall–Kier alpha value is -4.20. The number of fused-ring (bicyclic) bond motifs is 1. The van der Waals surface area contributed by atoms with Gasteiger partial charge in [-0.3, -0.25) is 9.97 Å². The molecule has 0 saturated carbocycles. The molecule has 4 aromatic heterocycles. The van der Waals surface area contributed by atoms with Crippen LogP contribution in [0.4, 0.5) is 11.6 Å². The van der Waals surface area contributed by atoms with Crippen LogP contribution in [0.25, 0.3) is 16.6 Å². The molecule has 0 unspecified atom stereocenters. The highest BCUT2D eigenvalue weighted by atomic mass is 15.2. The highest BCUT2D eigenvalue weighted by molar-refractivity contribution is 6.08. The Balaban J connectivity index is 1.54. The molecule has 0 aliphatic carbocycles. The largest absolute Gasteiger partial charge is 0.385 e. The van der Waals surface area contributed by atoms with Gasteiger partial charge in [0, 0.05) is 35.4 Å². The van der Waals surface area contributed by atoms with Gasteiger partial charge in [-0.25, -0.2) is 4.98 Å². The minimum atomic E-state index is 0.360. The highest BCUT2D eigenvalue weighted by Gasteiger charge is 2.07. The van der Waals surface area contributed by atoms with Crippen molar-refractivity contribution < 1.29 is 0 Å². The van der Waals surface area contributed by atoms with Crippen LogP contribution in [0.3, 0.4) is 0 Å². The molecule has 3 N–H and O–H groups in total. The van der Waals surface area contributed by atoms with Crippen LogP contribution >= 0.6 is 0 Å². The molecule has 0 atom stereocenters. The summed E-state index contributed by atoms with van der Waals surface area (Å²) in [7, 11) is 0. The van der Waals surface area contributed by atoms with Gasteiger partial charge in [0.05, 0.1) is 29.5 Å². The third kappa shape index (κ3) is 5.54. The smallest absolute Gasteiger partial charge is 0.154 e. The number of pyridine rings is 3. The van der Waals surface area contributed by atoms with E-state index in [9.17, 15) is 0 Å². The van der Waals surface area contributed by atoms with E-state index in [-0.39, 0.29) is 0 Å². The summed E-state index contributed by atoms with van der Waals surface area (Å²) in [5, 5.41) is 22.5. The number of aryl methyl sites for hydroxylation is 1. The first kappa shape index (κ1) is 22.0. The van der Waals surface area contributed by atoms with E-state index >= 15 is 0 Å². The number of rotatable bonds is 8. The zero-order valence-corrected chi connectivity index (χ0v) is 18.9. The van der Waals surface area contributed by atoms with Gasteiger partial charge in [-0.1, -0.05) is 19.9 Å². The number of aromatic nitrogens is 5. The van der Waals surface area contributed by atoms with Crippen molar-refractivity contribution >= 4 is 34.5 Å². The quantitative estimate of drug-likeness (QED) is 0.340. The fraction of sp³-hybridized carbons (Fsp3) is 0.200. The van der Waals surface area contributed by atoms with E-state index in [1.165, 1.54) is 6.21 Å². The van der Waals surface area contributed by atoms with Crippen molar-refractivity contribution in [2.75, 3.05) is 5.32 Å². The molecular formula is C25H26N8. The summed E-state index contributed by atoms with van der Waals surface area (Å²) in [5.74, 6) is 1.66. The van der Waals surface area contributed by atoms with Crippen LogP contribution in [0.1, 0.15) is 42.3 Å². The van der Waals surface area contributed by atoms with Crippen LogP contribution in [0.5, 0.6) is 0 Å². The molecule has 4 aromatic rings. The standard InChI is InChI=1S/C25H26N8/c1-16(2)18-10-25(33-29-14-18)32-24-8-7-22-23(31-24)9-19(13-28-22)20(11-26)12-27-15-21-6-4-5-17(3)30-21/h4-14,16,26-27H,15H2,1-3H3,(H,31,32,33)/b20-12+,26-11?. The van der Waals surface area contributed by atoms with Gasteiger partial charge >= 0.3 is 0 Å². The van der Waals surface area contributed by atoms with Crippen molar-refractivity contribution in [2.45, 2.75) is 33.2 Å². The number of hydrogen-bond acceptors (Lipinski definition) is 8. The summed E-state index contributed by atoms with van der Waals surface area (Å²) in [4.78, 5) is 13.7. The fourth-order valence-corrected chi connectivity index (χ4v) is 3.30. The summed E-state index contributed by atoms with van der Waals surface area (Å²) < 4.78 is 0. The van der Waals surface area contributed by atoms with Crippen LogP contribution in [0, 0.1) is 12.3 Å². The first-order chi connectivity index (χ1) is 16.0. The third-order valence-electron chi connectivity index (χ3n) is 5.11. The predicted octanol–water partition coefficient (Wildman–Crippen LogP) is 4.77. The molecule has 4 heterocycles. The van der Waals surface area contributed by atoms with Crippen molar-refractivity contribution in [1.29, 1.82) is 5.41 Å². The Morgan fingerprint density at radius 2 is 1.91 bits per heavy atom. The lowest BCUT2D eigenvalue weighted by Crippen LogP contribution is -2.08. The number of anilines is 2. The van der Waals surface area contributed by atoms with Crippen LogP contribution < -0.4 is 10.6 Å². The highest BCUT2D eigenvalue weighted by Crippen LogP contribution is 2.21. The molecule has 33 heavy (non-hydrogen) atoms. The first-order valence-corrected chi connectivity index (χ1v) is 10.7. The number of hydrogen-bond donors (Lipinski definition) is 3. The molecular weight excluding hydrogens is 412 g/mol. The van der Waals surface area contributed by atoms with E-state index < -0.39 is 0 Å². The SMILES string of the molecule is Cc1cccc(CN/C=C(\C=N)c2cnc3ccc(Nc4cc(C(C)C)cnn4)nc3c2)n1. The normalized spacial score (nSPS) is 11.6. The van der Waals surface area contributed by atoms with Gasteiger partial charge in [-0.2, -0.15) is 5.10 Å². The summed E-state index contributed by atoms with van der Waals surface area (Å²) in [6.07, 6.45) is 6.62. The Kier molecular flexibility index (Phi) is 6.64. The van der Waals surface area contributed by atoms with E-state index in [1.807, 2.05) is 49.4 Å². The lowest BCUT2D eigenvalue weighted by atomic mass is 10.1. The Morgan fingerprint density at radius 1 is 1.03 bits per heavy atom. The zero-order valence-electron chi connectivity index (χ0n) is 18.9. The minimum absolute atomic E-state index is 0.360. The first-order valence-electron chi connectivity index (χ1n) is 10.7. The summed E-state index contributed by atoms with van der Waals surface area (Å²) in [5.41, 5.74) is 6.01. The molecule has 0 spiro atoms. The lowest BCUT2D eigenvalue weighted by molar-refractivity contribution is 0.832. The van der Waals surface area contributed by atoms with Crippen LogP contribution in [-0.2, 0) is 6.54 Å². The van der Waals surface area contributed by atoms with Gasteiger partial charge in [-0.15, -0.1) is 5.10 Å². The maximum absolute atomic E-state index is 7.84. The van der Waals surface area contributed by atoms with Gasteiger partial charge in [0.1, 0.15) is 5.82 Å². The molecule has 0 aliphatic rings. The molecule has 0 radical (unpaired) electrons. The maximum atomic E-state index is 7.84. The molecule has 0 amide bonds. The molecule has 0 fully saturated rings. The number of allylic oxidation sites excluding steroid dienone is 1. The summed E-state index contributed by atoms with van der Waals surface area (Å²) in [6, 6.07) is 13.6. The van der Waals surface area contributed by atoms with Gasteiger partial charge in [0.25, 0.3) is 0 Å².